The Balaban J connectivity index is 0. The van der Waals surface area contributed by atoms with Crippen LogP contribution in [-0.4, -0.2) is 11.2 Å². The van der Waals surface area contributed by atoms with Crippen LogP contribution in [0.25, 0.3) is 0 Å². The molecule has 0 fully saturated rings. The van der Waals surface area contributed by atoms with Crippen molar-refractivity contribution >= 4 is 0 Å². The Morgan fingerprint density at radius 1 is 1.21 bits per heavy atom. The van der Waals surface area contributed by atoms with Crippen molar-refractivity contribution < 1.29 is 5.11 Å². The van der Waals surface area contributed by atoms with Gasteiger partial charge in [0.1, 0.15) is 0 Å². The summed E-state index contributed by atoms with van der Waals surface area (Å²) >= 11 is 0. The molecule has 0 aromatic heterocycles. The third kappa shape index (κ3) is 22.4. The molecule has 0 saturated heterocycles. The zero-order valence-corrected chi connectivity index (χ0v) is 9.36. The predicted octanol–water partition coefficient (Wildman–Crippen LogP) is 2.91. The van der Waals surface area contributed by atoms with Crippen LogP contribution in [0.15, 0.2) is 30.3 Å². The van der Waals surface area contributed by atoms with Crippen LogP contribution in [0.2, 0.25) is 0 Å². The number of aryl methyl sites for hydroxylation is 1. The Morgan fingerprint density at radius 2 is 1.50 bits per heavy atom. The minimum atomic E-state index is -0.167. The van der Waals surface area contributed by atoms with Gasteiger partial charge in [-0.1, -0.05) is 35.9 Å². The molecular formula is C12H19NO. The Kier molecular flexibility index (Phi) is 12.6. The number of aliphatic hydroxyl groups excluding tert-OH is 1. The summed E-state index contributed by atoms with van der Waals surface area (Å²) in [5.74, 6) is 0. The maximum absolute atomic E-state index is 8.06. The van der Waals surface area contributed by atoms with Gasteiger partial charge in [-0.3, -0.25) is 0 Å². The fourth-order valence-electron chi connectivity index (χ4n) is 0.534. The van der Waals surface area contributed by atoms with Crippen LogP contribution in [-0.2, 0) is 0 Å². The van der Waals surface area contributed by atoms with Crippen molar-refractivity contribution in [3.63, 3.8) is 0 Å². The van der Waals surface area contributed by atoms with E-state index in [1.54, 1.807) is 19.9 Å². The first-order chi connectivity index (χ1) is 6.54. The molecule has 1 N–H and O–H groups in total. The summed E-state index contributed by atoms with van der Waals surface area (Å²) in [7, 11) is 0. The summed E-state index contributed by atoms with van der Waals surface area (Å²) in [6.45, 7) is 6.96. The molecule has 0 spiro atoms. The van der Waals surface area contributed by atoms with E-state index in [4.69, 9.17) is 10.4 Å². The van der Waals surface area contributed by atoms with E-state index in [-0.39, 0.29) is 6.10 Å². The SMILES string of the molecule is CC#N.CC(C)O.Cc1ccccc1. The molecule has 0 heterocycles. The summed E-state index contributed by atoms with van der Waals surface area (Å²) in [5.41, 5.74) is 1.32. The Bertz CT molecular complexity index is 233. The standard InChI is InChI=1S/C7H8.C3H8O.C2H3N/c1-7-5-3-2-4-6-7;1-3(2)4;1-2-3/h2-6H,1H3;3-4H,1-2H3;1H3. The second-order valence-corrected chi connectivity index (χ2v) is 2.97. The lowest BCUT2D eigenvalue weighted by molar-refractivity contribution is 0.216. The van der Waals surface area contributed by atoms with Crippen molar-refractivity contribution in [2.45, 2.75) is 33.8 Å². The third-order valence-electron chi connectivity index (χ3n) is 0.940. The second-order valence-electron chi connectivity index (χ2n) is 2.97. The van der Waals surface area contributed by atoms with Crippen LogP contribution in [0.3, 0.4) is 0 Å². The number of nitrogens with zero attached hydrogens (tertiary/aromatic N) is 1. The fraction of sp³-hybridized carbons (Fsp3) is 0.417. The molecule has 2 heteroatoms. The number of hydrogen-bond acceptors (Lipinski definition) is 2. The zero-order valence-electron chi connectivity index (χ0n) is 9.36. The van der Waals surface area contributed by atoms with Crippen molar-refractivity contribution in [3.8, 4) is 6.07 Å². The van der Waals surface area contributed by atoms with E-state index in [9.17, 15) is 0 Å². The molecule has 0 atom stereocenters. The highest BCUT2D eigenvalue weighted by atomic mass is 16.3. The maximum atomic E-state index is 8.06. The summed E-state index contributed by atoms with van der Waals surface area (Å²) < 4.78 is 0. The average molecular weight is 193 g/mol. The first-order valence-electron chi connectivity index (χ1n) is 4.55. The molecule has 14 heavy (non-hydrogen) atoms. The third-order valence-corrected chi connectivity index (χ3v) is 0.940. The van der Waals surface area contributed by atoms with Crippen molar-refractivity contribution in [2.24, 2.45) is 0 Å². The van der Waals surface area contributed by atoms with E-state index in [0.29, 0.717) is 0 Å². The molecule has 0 radical (unpaired) electrons. The van der Waals surface area contributed by atoms with Gasteiger partial charge in [-0.2, -0.15) is 5.26 Å². The Morgan fingerprint density at radius 3 is 1.64 bits per heavy atom. The quantitative estimate of drug-likeness (QED) is 0.688. The number of aliphatic hydroxyl groups is 1. The number of benzene rings is 1. The highest BCUT2D eigenvalue weighted by Gasteiger charge is 1.72. The van der Waals surface area contributed by atoms with Crippen molar-refractivity contribution in [3.05, 3.63) is 35.9 Å². The van der Waals surface area contributed by atoms with Gasteiger partial charge in [-0.25, -0.2) is 0 Å². The number of rotatable bonds is 0. The summed E-state index contributed by atoms with van der Waals surface area (Å²) in [5, 5.41) is 15.4. The van der Waals surface area contributed by atoms with E-state index in [2.05, 4.69) is 19.1 Å². The maximum Gasteiger partial charge on any atom is 0.0587 e. The van der Waals surface area contributed by atoms with Crippen molar-refractivity contribution in [2.75, 3.05) is 0 Å². The van der Waals surface area contributed by atoms with Gasteiger partial charge >= 0.3 is 0 Å². The van der Waals surface area contributed by atoms with E-state index >= 15 is 0 Å². The van der Waals surface area contributed by atoms with E-state index in [0.717, 1.165) is 0 Å². The first kappa shape index (κ1) is 15.2. The monoisotopic (exact) mass is 193 g/mol. The van der Waals surface area contributed by atoms with Crippen LogP contribution < -0.4 is 0 Å². The number of hydrogen-bond donors (Lipinski definition) is 1. The highest BCUT2D eigenvalue weighted by molar-refractivity contribution is 5.11. The molecule has 1 aromatic rings. The summed E-state index contributed by atoms with van der Waals surface area (Å²) in [4.78, 5) is 0. The molecule has 0 amide bonds. The molecule has 0 aliphatic heterocycles. The minimum absolute atomic E-state index is 0.167. The highest BCUT2D eigenvalue weighted by Crippen LogP contribution is 1.92. The summed E-state index contributed by atoms with van der Waals surface area (Å²) in [6.07, 6.45) is -0.167. The topological polar surface area (TPSA) is 44.0 Å². The van der Waals surface area contributed by atoms with Crippen LogP contribution >= 0.6 is 0 Å². The van der Waals surface area contributed by atoms with E-state index in [1.165, 1.54) is 12.5 Å². The molecule has 0 bridgehead atoms. The summed E-state index contributed by atoms with van der Waals surface area (Å²) in [6, 6.07) is 12.0. The molecule has 0 saturated carbocycles. The van der Waals surface area contributed by atoms with Gasteiger partial charge in [-0.15, -0.1) is 0 Å². The number of nitriles is 1. The van der Waals surface area contributed by atoms with Crippen molar-refractivity contribution in [1.29, 1.82) is 5.26 Å². The molecule has 0 aliphatic rings. The van der Waals surface area contributed by atoms with Gasteiger partial charge < -0.3 is 5.11 Å². The lowest BCUT2D eigenvalue weighted by Gasteiger charge is -1.82. The van der Waals surface area contributed by atoms with Crippen molar-refractivity contribution in [1.82, 2.24) is 0 Å². The molecule has 78 valence electrons. The molecule has 0 aliphatic carbocycles. The van der Waals surface area contributed by atoms with Gasteiger partial charge in [0, 0.05) is 13.0 Å². The van der Waals surface area contributed by atoms with E-state index in [1.807, 2.05) is 18.2 Å². The van der Waals surface area contributed by atoms with Gasteiger partial charge in [-0.05, 0) is 20.8 Å². The van der Waals surface area contributed by atoms with Crippen LogP contribution in [0.4, 0.5) is 0 Å². The van der Waals surface area contributed by atoms with Gasteiger partial charge in [0.15, 0.2) is 0 Å². The van der Waals surface area contributed by atoms with Gasteiger partial charge in [0.05, 0.1) is 6.07 Å². The second kappa shape index (κ2) is 11.7. The van der Waals surface area contributed by atoms with E-state index < -0.39 is 0 Å². The zero-order chi connectivity index (χ0) is 11.4. The van der Waals surface area contributed by atoms with Gasteiger partial charge in [0.25, 0.3) is 0 Å². The molecule has 1 aromatic carbocycles. The average Bonchev–Trinajstić information content (AvgIpc) is 2.05. The van der Waals surface area contributed by atoms with Crippen LogP contribution in [0.1, 0.15) is 26.3 Å². The fourth-order valence-corrected chi connectivity index (χ4v) is 0.534. The first-order valence-corrected chi connectivity index (χ1v) is 4.55. The molecule has 0 unspecified atom stereocenters. The largest absolute Gasteiger partial charge is 0.394 e. The predicted molar refractivity (Wildman–Crippen MR) is 59.8 cm³/mol. The minimum Gasteiger partial charge on any atom is -0.394 e. The molecule has 2 nitrogen and oxygen atoms in total. The Labute approximate surface area is 86.8 Å². The van der Waals surface area contributed by atoms with Crippen LogP contribution in [0.5, 0.6) is 0 Å². The molecular weight excluding hydrogens is 174 g/mol. The normalized spacial score (nSPS) is 7.50. The Hall–Kier alpha value is -1.33. The van der Waals surface area contributed by atoms with Crippen LogP contribution in [0, 0.1) is 18.3 Å². The molecule has 1 rings (SSSR count). The lowest BCUT2D eigenvalue weighted by atomic mass is 10.2. The van der Waals surface area contributed by atoms with Gasteiger partial charge in [0.2, 0.25) is 0 Å². The lowest BCUT2D eigenvalue weighted by Crippen LogP contribution is -1.85. The smallest absolute Gasteiger partial charge is 0.0587 e.